The van der Waals surface area contributed by atoms with Crippen LogP contribution in [0, 0.1) is 17.1 Å². The van der Waals surface area contributed by atoms with Gasteiger partial charge in [-0.05, 0) is 25.0 Å². The molecule has 142 valence electrons. The SMILES string of the molecule is N#CC1=C2SCN(C3CCCCC3)CN2C(=O)C[C@H]1c1c(F)cccc1Cl. The number of hydrogen-bond donors (Lipinski definition) is 0. The lowest BCUT2D eigenvalue weighted by atomic mass is 9.86. The molecule has 1 saturated carbocycles. The van der Waals surface area contributed by atoms with E-state index in [1.165, 1.54) is 56.0 Å². The van der Waals surface area contributed by atoms with Crippen LogP contribution in [0.5, 0.6) is 0 Å². The van der Waals surface area contributed by atoms with E-state index >= 15 is 0 Å². The smallest absolute Gasteiger partial charge is 0.229 e. The Morgan fingerprint density at radius 1 is 1.26 bits per heavy atom. The van der Waals surface area contributed by atoms with Gasteiger partial charge in [-0.2, -0.15) is 5.26 Å². The fourth-order valence-corrected chi connectivity index (χ4v) is 5.88. The first-order valence-electron chi connectivity index (χ1n) is 9.35. The van der Waals surface area contributed by atoms with Gasteiger partial charge < -0.3 is 0 Å². The van der Waals surface area contributed by atoms with Gasteiger partial charge in [-0.1, -0.05) is 48.7 Å². The quantitative estimate of drug-likeness (QED) is 0.707. The zero-order chi connectivity index (χ0) is 19.0. The average Bonchev–Trinajstić information content (AvgIpc) is 2.68. The number of nitrogens with zero attached hydrogens (tertiary/aromatic N) is 3. The molecule has 4 rings (SSSR count). The van der Waals surface area contributed by atoms with Crippen molar-refractivity contribution >= 4 is 29.3 Å². The fourth-order valence-electron chi connectivity index (χ4n) is 4.34. The van der Waals surface area contributed by atoms with Crippen LogP contribution in [0.25, 0.3) is 0 Å². The molecule has 2 fully saturated rings. The molecule has 1 aliphatic carbocycles. The van der Waals surface area contributed by atoms with Crippen molar-refractivity contribution < 1.29 is 9.18 Å². The van der Waals surface area contributed by atoms with Gasteiger partial charge in [0.25, 0.3) is 0 Å². The maximum atomic E-state index is 14.4. The lowest BCUT2D eigenvalue weighted by Crippen LogP contribution is -2.51. The van der Waals surface area contributed by atoms with Crippen molar-refractivity contribution in [1.82, 2.24) is 9.80 Å². The molecule has 3 aliphatic rings. The Balaban J connectivity index is 1.66. The molecule has 0 radical (unpaired) electrons. The summed E-state index contributed by atoms with van der Waals surface area (Å²) in [6, 6.07) is 7.22. The number of amides is 1. The fraction of sp³-hybridized carbons (Fsp3) is 0.500. The first kappa shape index (κ1) is 18.8. The third kappa shape index (κ3) is 3.49. The first-order valence-corrected chi connectivity index (χ1v) is 10.7. The van der Waals surface area contributed by atoms with E-state index in [-0.39, 0.29) is 22.9 Å². The Hall–Kier alpha value is -1.55. The Kier molecular flexibility index (Phi) is 5.45. The Morgan fingerprint density at radius 2 is 2.04 bits per heavy atom. The van der Waals surface area contributed by atoms with Crippen molar-refractivity contribution in [1.29, 1.82) is 5.26 Å². The van der Waals surface area contributed by atoms with E-state index in [9.17, 15) is 14.4 Å². The molecule has 1 amide bonds. The maximum Gasteiger partial charge on any atom is 0.229 e. The number of fused-ring (bicyclic) bond motifs is 1. The highest BCUT2D eigenvalue weighted by atomic mass is 35.5. The summed E-state index contributed by atoms with van der Waals surface area (Å²) >= 11 is 7.74. The monoisotopic (exact) mass is 405 g/mol. The van der Waals surface area contributed by atoms with Crippen LogP contribution in [-0.4, -0.2) is 34.3 Å². The van der Waals surface area contributed by atoms with Crippen LogP contribution >= 0.6 is 23.4 Å². The average molecular weight is 406 g/mol. The van der Waals surface area contributed by atoms with E-state index < -0.39 is 11.7 Å². The number of carbonyl (C=O) groups excluding carboxylic acids is 1. The highest BCUT2D eigenvalue weighted by Gasteiger charge is 2.41. The van der Waals surface area contributed by atoms with E-state index in [1.54, 1.807) is 11.0 Å². The molecule has 0 aromatic heterocycles. The molecule has 27 heavy (non-hydrogen) atoms. The molecule has 0 unspecified atom stereocenters. The number of hydrogen-bond acceptors (Lipinski definition) is 4. The summed E-state index contributed by atoms with van der Waals surface area (Å²) in [5.74, 6) is -0.392. The molecule has 0 N–H and O–H groups in total. The molecule has 1 aromatic rings. The van der Waals surface area contributed by atoms with Crippen LogP contribution in [0.4, 0.5) is 4.39 Å². The number of thioether (sulfide) groups is 1. The normalized spacial score (nSPS) is 24.7. The molecular weight excluding hydrogens is 385 g/mol. The zero-order valence-electron chi connectivity index (χ0n) is 15.0. The summed E-state index contributed by atoms with van der Waals surface area (Å²) in [6.07, 6.45) is 6.17. The van der Waals surface area contributed by atoms with Gasteiger partial charge in [0.1, 0.15) is 5.82 Å². The Labute approximate surface area is 167 Å². The molecule has 1 aromatic carbocycles. The van der Waals surface area contributed by atoms with Gasteiger partial charge in [0.05, 0.1) is 29.2 Å². The first-order chi connectivity index (χ1) is 13.1. The van der Waals surface area contributed by atoms with Gasteiger partial charge in [0.15, 0.2) is 0 Å². The van der Waals surface area contributed by atoms with Gasteiger partial charge in [-0.15, -0.1) is 0 Å². The maximum absolute atomic E-state index is 14.4. The van der Waals surface area contributed by atoms with Crippen LogP contribution in [-0.2, 0) is 4.79 Å². The summed E-state index contributed by atoms with van der Waals surface area (Å²) in [5.41, 5.74) is 0.710. The van der Waals surface area contributed by atoms with Crippen LogP contribution in [0.2, 0.25) is 5.02 Å². The van der Waals surface area contributed by atoms with Crippen molar-refractivity contribution in [3.8, 4) is 6.07 Å². The standard InChI is InChI=1S/C20H21ClFN3OS/c21-16-7-4-8-17(22)19(16)14-9-18(26)25-11-24(13-5-2-1-3-6-13)12-27-20(25)15(14)10-23/h4,7-8,13-14H,1-3,5-6,9,11-12H2/t14-/m1/s1. The van der Waals surface area contributed by atoms with Crippen molar-refractivity contribution in [2.45, 2.75) is 50.5 Å². The third-order valence-corrected chi connectivity index (χ3v) is 7.26. The minimum atomic E-state index is -0.615. The summed E-state index contributed by atoms with van der Waals surface area (Å²) in [7, 11) is 0. The second kappa shape index (κ2) is 7.83. The number of carbonyl (C=O) groups is 1. The third-order valence-electron chi connectivity index (χ3n) is 5.75. The molecule has 1 atom stereocenters. The summed E-state index contributed by atoms with van der Waals surface area (Å²) in [6.45, 7) is 0.523. The van der Waals surface area contributed by atoms with Gasteiger partial charge in [-0.25, -0.2) is 4.39 Å². The lowest BCUT2D eigenvalue weighted by molar-refractivity contribution is -0.132. The molecular formula is C20H21ClFN3OS. The van der Waals surface area contributed by atoms with E-state index in [4.69, 9.17) is 11.6 Å². The molecule has 1 saturated heterocycles. The van der Waals surface area contributed by atoms with Crippen molar-refractivity contribution in [3.05, 3.63) is 45.2 Å². The highest BCUT2D eigenvalue weighted by molar-refractivity contribution is 8.03. The minimum absolute atomic E-state index is 0.0682. The highest BCUT2D eigenvalue weighted by Crippen LogP contribution is 2.45. The predicted molar refractivity (Wildman–Crippen MR) is 104 cm³/mol. The zero-order valence-corrected chi connectivity index (χ0v) is 16.5. The van der Waals surface area contributed by atoms with Crippen molar-refractivity contribution in [2.75, 3.05) is 12.5 Å². The van der Waals surface area contributed by atoms with Crippen molar-refractivity contribution in [3.63, 3.8) is 0 Å². The van der Waals surface area contributed by atoms with Crippen LogP contribution < -0.4 is 0 Å². The summed E-state index contributed by atoms with van der Waals surface area (Å²) < 4.78 is 14.4. The van der Waals surface area contributed by atoms with Gasteiger partial charge in [0, 0.05) is 29.0 Å². The topological polar surface area (TPSA) is 47.3 Å². The summed E-state index contributed by atoms with van der Waals surface area (Å²) in [5, 5.41) is 10.7. The number of rotatable bonds is 2. The van der Waals surface area contributed by atoms with Crippen LogP contribution in [0.15, 0.2) is 28.8 Å². The van der Waals surface area contributed by atoms with E-state index in [0.29, 0.717) is 23.3 Å². The number of allylic oxidation sites excluding steroid dienone is 1. The molecule has 7 heteroatoms. The van der Waals surface area contributed by atoms with Crippen molar-refractivity contribution in [2.24, 2.45) is 0 Å². The van der Waals surface area contributed by atoms with Crippen LogP contribution in [0.1, 0.15) is 50.0 Å². The minimum Gasteiger partial charge on any atom is -0.292 e. The van der Waals surface area contributed by atoms with Gasteiger partial charge >= 0.3 is 0 Å². The number of benzene rings is 1. The largest absolute Gasteiger partial charge is 0.292 e. The molecule has 2 heterocycles. The van der Waals surface area contributed by atoms with Crippen LogP contribution in [0.3, 0.4) is 0 Å². The Bertz CT molecular complexity index is 811. The van der Waals surface area contributed by atoms with Gasteiger partial charge in [-0.3, -0.25) is 14.6 Å². The molecule has 2 aliphatic heterocycles. The van der Waals surface area contributed by atoms with E-state index in [1.807, 2.05) is 0 Å². The lowest BCUT2D eigenvalue weighted by Gasteiger charge is -2.44. The molecule has 4 nitrogen and oxygen atoms in total. The summed E-state index contributed by atoms with van der Waals surface area (Å²) in [4.78, 5) is 17.0. The molecule has 0 spiro atoms. The Morgan fingerprint density at radius 3 is 2.74 bits per heavy atom. The second-order valence-corrected chi connectivity index (χ2v) is 8.68. The number of halogens is 2. The number of nitriles is 1. The van der Waals surface area contributed by atoms with Gasteiger partial charge in [0.2, 0.25) is 5.91 Å². The second-order valence-electron chi connectivity index (χ2n) is 7.34. The van der Waals surface area contributed by atoms with E-state index in [0.717, 1.165) is 5.88 Å². The molecule has 0 bridgehead atoms. The van der Waals surface area contributed by atoms with E-state index in [2.05, 4.69) is 11.0 Å². The predicted octanol–water partition coefficient (Wildman–Crippen LogP) is 4.83.